The molecule has 2 N–H and O–H groups in total. The molecule has 5 rings (SSSR count). The van der Waals surface area contributed by atoms with Crippen molar-refractivity contribution in [1.82, 2.24) is 10.2 Å². The fraction of sp³-hybridized carbons (Fsp3) is 0.167. The molecule has 192 valence electrons. The fourth-order valence-corrected chi connectivity index (χ4v) is 4.75. The Morgan fingerprint density at radius 1 is 0.842 bits per heavy atom. The van der Waals surface area contributed by atoms with Crippen LogP contribution < -0.4 is 10.6 Å². The Morgan fingerprint density at radius 2 is 1.61 bits per heavy atom. The molecule has 1 aromatic heterocycles. The minimum Gasteiger partial charge on any atom is -0.464 e. The summed E-state index contributed by atoms with van der Waals surface area (Å²) in [5.41, 5.74) is 2.39. The molecular formula is C30H26ClN3O4. The van der Waals surface area contributed by atoms with Crippen molar-refractivity contribution in [1.29, 1.82) is 0 Å². The van der Waals surface area contributed by atoms with Crippen LogP contribution >= 0.6 is 11.6 Å². The van der Waals surface area contributed by atoms with Crippen LogP contribution in [0.15, 0.2) is 102 Å². The Morgan fingerprint density at radius 3 is 2.34 bits per heavy atom. The van der Waals surface area contributed by atoms with Crippen molar-refractivity contribution in [2.45, 2.75) is 12.5 Å². The van der Waals surface area contributed by atoms with Crippen molar-refractivity contribution < 1.29 is 18.8 Å². The smallest absolute Gasteiger partial charge is 0.253 e. The van der Waals surface area contributed by atoms with Gasteiger partial charge in [0.1, 0.15) is 5.76 Å². The van der Waals surface area contributed by atoms with E-state index in [0.29, 0.717) is 34.0 Å². The van der Waals surface area contributed by atoms with Gasteiger partial charge in [-0.15, -0.1) is 0 Å². The summed E-state index contributed by atoms with van der Waals surface area (Å²) in [6.45, 7) is 0.508. The number of halogens is 1. The first-order chi connectivity index (χ1) is 18.5. The zero-order chi connectivity index (χ0) is 26.5. The number of piperidine rings is 1. The van der Waals surface area contributed by atoms with Crippen LogP contribution in [0.2, 0.25) is 5.02 Å². The number of amides is 3. The molecule has 0 bridgehead atoms. The lowest BCUT2D eigenvalue weighted by molar-refractivity contribution is -0.121. The van der Waals surface area contributed by atoms with E-state index in [4.69, 9.17) is 16.0 Å². The molecule has 3 aromatic carbocycles. The molecule has 0 spiro atoms. The minimum absolute atomic E-state index is 0.221. The predicted molar refractivity (Wildman–Crippen MR) is 146 cm³/mol. The quantitative estimate of drug-likeness (QED) is 0.346. The first-order valence-corrected chi connectivity index (χ1v) is 12.7. The summed E-state index contributed by atoms with van der Waals surface area (Å²) in [5, 5.41) is 6.49. The van der Waals surface area contributed by atoms with Crippen LogP contribution in [0.1, 0.15) is 27.1 Å². The van der Waals surface area contributed by atoms with Gasteiger partial charge in [-0.3, -0.25) is 14.4 Å². The summed E-state index contributed by atoms with van der Waals surface area (Å²) in [5.74, 6) is -0.569. The molecule has 0 aliphatic carbocycles. The highest BCUT2D eigenvalue weighted by molar-refractivity contribution is 6.30. The molecule has 1 aliphatic heterocycles. The first kappa shape index (κ1) is 25.3. The molecule has 2 atom stereocenters. The number of carbonyl (C=O) groups excluding carboxylic acids is 3. The van der Waals surface area contributed by atoms with Gasteiger partial charge in [0, 0.05) is 46.5 Å². The molecule has 7 nitrogen and oxygen atoms in total. The summed E-state index contributed by atoms with van der Waals surface area (Å²) in [6, 6.07) is 26.1. The standard InChI is InChI=1S/C30H26ClN3O4/c31-24-11-13-25(14-12-24)32-29(36)23-17-26(33-28(35)20-6-2-1-3-7-20)19-34(18-23)30(37)22-9-4-8-21(16-22)27-10-5-15-38-27/h1-16,23,26H,17-19H2,(H,32,36)(H,33,35). The van der Waals surface area contributed by atoms with Gasteiger partial charge in [0.25, 0.3) is 11.8 Å². The van der Waals surface area contributed by atoms with Crippen molar-refractivity contribution in [2.24, 2.45) is 5.92 Å². The number of benzene rings is 3. The molecule has 1 saturated heterocycles. The minimum atomic E-state index is -0.530. The van der Waals surface area contributed by atoms with Crippen LogP contribution in [0.4, 0.5) is 5.69 Å². The third-order valence-corrected chi connectivity index (χ3v) is 6.76. The lowest BCUT2D eigenvalue weighted by Gasteiger charge is -2.37. The summed E-state index contributed by atoms with van der Waals surface area (Å²) in [6.07, 6.45) is 1.98. The topological polar surface area (TPSA) is 91.7 Å². The second kappa shape index (κ2) is 11.4. The van der Waals surface area contributed by atoms with Crippen LogP contribution in [-0.2, 0) is 4.79 Å². The fourth-order valence-electron chi connectivity index (χ4n) is 4.63. The van der Waals surface area contributed by atoms with Crippen molar-refractivity contribution in [3.8, 4) is 11.3 Å². The van der Waals surface area contributed by atoms with Gasteiger partial charge >= 0.3 is 0 Å². The van der Waals surface area contributed by atoms with E-state index >= 15 is 0 Å². The van der Waals surface area contributed by atoms with Crippen molar-refractivity contribution in [3.63, 3.8) is 0 Å². The number of rotatable bonds is 6. The highest BCUT2D eigenvalue weighted by Crippen LogP contribution is 2.25. The number of anilines is 1. The van der Waals surface area contributed by atoms with Gasteiger partial charge in [-0.2, -0.15) is 0 Å². The molecule has 3 amide bonds. The number of furan rings is 1. The number of nitrogens with one attached hydrogen (secondary N) is 2. The SMILES string of the molecule is O=C(NC1CC(C(=O)Nc2ccc(Cl)cc2)CN(C(=O)c2cccc(-c3ccco3)c2)C1)c1ccccc1. The Kier molecular flexibility index (Phi) is 7.56. The van der Waals surface area contributed by atoms with Crippen LogP contribution in [0.3, 0.4) is 0 Å². The molecule has 0 saturated carbocycles. The van der Waals surface area contributed by atoms with E-state index in [0.717, 1.165) is 5.56 Å². The van der Waals surface area contributed by atoms with Gasteiger partial charge in [-0.25, -0.2) is 0 Å². The van der Waals surface area contributed by atoms with E-state index in [1.165, 1.54) is 0 Å². The van der Waals surface area contributed by atoms with E-state index in [-0.39, 0.29) is 30.8 Å². The number of hydrogen-bond acceptors (Lipinski definition) is 4. The van der Waals surface area contributed by atoms with Crippen molar-refractivity contribution >= 4 is 35.0 Å². The maximum Gasteiger partial charge on any atom is 0.253 e. The second-order valence-corrected chi connectivity index (χ2v) is 9.67. The highest BCUT2D eigenvalue weighted by atomic mass is 35.5. The average Bonchev–Trinajstić information content (AvgIpc) is 3.49. The van der Waals surface area contributed by atoms with Crippen molar-refractivity contribution in [3.05, 3.63) is 113 Å². The van der Waals surface area contributed by atoms with Crippen LogP contribution in [0, 0.1) is 5.92 Å². The van der Waals surface area contributed by atoms with E-state index in [1.54, 1.807) is 84.0 Å². The maximum absolute atomic E-state index is 13.6. The number of hydrogen-bond donors (Lipinski definition) is 2. The van der Waals surface area contributed by atoms with Gasteiger partial charge in [0.05, 0.1) is 12.2 Å². The normalized spacial score (nSPS) is 17.0. The van der Waals surface area contributed by atoms with Crippen LogP contribution in [0.5, 0.6) is 0 Å². The summed E-state index contributed by atoms with van der Waals surface area (Å²) >= 11 is 5.97. The van der Waals surface area contributed by atoms with Gasteiger partial charge < -0.3 is 20.0 Å². The predicted octanol–water partition coefficient (Wildman–Crippen LogP) is 5.50. The largest absolute Gasteiger partial charge is 0.464 e. The summed E-state index contributed by atoms with van der Waals surface area (Å²) in [4.78, 5) is 41.4. The second-order valence-electron chi connectivity index (χ2n) is 9.23. The monoisotopic (exact) mass is 527 g/mol. The highest BCUT2D eigenvalue weighted by Gasteiger charge is 2.35. The van der Waals surface area contributed by atoms with Crippen LogP contribution in [-0.4, -0.2) is 41.8 Å². The molecule has 2 heterocycles. The third-order valence-electron chi connectivity index (χ3n) is 6.51. The Hall–Kier alpha value is -4.36. The Bertz CT molecular complexity index is 1420. The first-order valence-electron chi connectivity index (χ1n) is 12.3. The van der Waals surface area contributed by atoms with Gasteiger partial charge in [-0.05, 0) is 67.1 Å². The molecule has 1 aliphatic rings. The number of nitrogens with zero attached hydrogens (tertiary/aromatic N) is 1. The molecule has 8 heteroatoms. The summed E-state index contributed by atoms with van der Waals surface area (Å²) < 4.78 is 5.48. The molecular weight excluding hydrogens is 502 g/mol. The van der Waals surface area contributed by atoms with Gasteiger partial charge in [0.15, 0.2) is 0 Å². The van der Waals surface area contributed by atoms with Gasteiger partial charge in [-0.1, -0.05) is 41.9 Å². The maximum atomic E-state index is 13.6. The average molecular weight is 528 g/mol. The van der Waals surface area contributed by atoms with E-state index < -0.39 is 12.0 Å². The molecule has 4 aromatic rings. The van der Waals surface area contributed by atoms with E-state index in [9.17, 15) is 14.4 Å². The third kappa shape index (κ3) is 5.95. The summed E-state index contributed by atoms with van der Waals surface area (Å²) in [7, 11) is 0. The zero-order valence-corrected chi connectivity index (χ0v) is 21.2. The van der Waals surface area contributed by atoms with Gasteiger partial charge in [0.2, 0.25) is 5.91 Å². The zero-order valence-electron chi connectivity index (χ0n) is 20.5. The number of carbonyl (C=O) groups is 3. The van der Waals surface area contributed by atoms with Crippen LogP contribution in [0.25, 0.3) is 11.3 Å². The molecule has 1 fully saturated rings. The molecule has 2 unspecified atom stereocenters. The van der Waals surface area contributed by atoms with E-state index in [1.807, 2.05) is 18.2 Å². The Labute approximate surface area is 225 Å². The lowest BCUT2D eigenvalue weighted by atomic mass is 9.92. The molecule has 38 heavy (non-hydrogen) atoms. The Balaban J connectivity index is 1.37. The lowest BCUT2D eigenvalue weighted by Crippen LogP contribution is -2.54. The molecule has 0 radical (unpaired) electrons. The van der Waals surface area contributed by atoms with E-state index in [2.05, 4.69) is 10.6 Å². The number of likely N-dealkylation sites (tertiary alicyclic amines) is 1. The van der Waals surface area contributed by atoms with Crippen molar-refractivity contribution in [2.75, 3.05) is 18.4 Å².